The molecule has 29 heavy (non-hydrogen) atoms. The highest BCUT2D eigenvalue weighted by Crippen LogP contribution is 2.52. The zero-order valence-corrected chi connectivity index (χ0v) is 18.1. The molecule has 0 aromatic heterocycles. The summed E-state index contributed by atoms with van der Waals surface area (Å²) in [4.78, 5) is 43.5. The van der Waals surface area contributed by atoms with Gasteiger partial charge in [0.15, 0.2) is 0 Å². The first kappa shape index (κ1) is 19.9. The van der Waals surface area contributed by atoms with Crippen LogP contribution in [0.1, 0.15) is 52.5 Å². The number of fused-ring (bicyclic) bond motifs is 2. The van der Waals surface area contributed by atoms with Crippen LogP contribution >= 0.6 is 0 Å². The molecule has 4 amide bonds. The van der Waals surface area contributed by atoms with E-state index in [1.54, 1.807) is 6.92 Å². The Kier molecular flexibility index (Phi) is 4.52. The van der Waals surface area contributed by atoms with Gasteiger partial charge in [0.1, 0.15) is 12.6 Å². The number of imide groups is 1. The minimum Gasteiger partial charge on any atom is -0.338 e. The fourth-order valence-electron chi connectivity index (χ4n) is 5.89. The van der Waals surface area contributed by atoms with Gasteiger partial charge in [0, 0.05) is 18.3 Å². The Balaban J connectivity index is 1.51. The second kappa shape index (κ2) is 6.57. The van der Waals surface area contributed by atoms with Gasteiger partial charge >= 0.3 is 6.03 Å². The maximum absolute atomic E-state index is 13.1. The second-order valence-electron chi connectivity index (χ2n) is 10.3. The van der Waals surface area contributed by atoms with Gasteiger partial charge in [-0.3, -0.25) is 19.4 Å². The lowest BCUT2D eigenvalue weighted by Crippen LogP contribution is -2.45. The van der Waals surface area contributed by atoms with Gasteiger partial charge in [-0.15, -0.1) is 0 Å². The van der Waals surface area contributed by atoms with Crippen LogP contribution in [0.15, 0.2) is 24.3 Å². The van der Waals surface area contributed by atoms with Crippen molar-refractivity contribution in [1.29, 1.82) is 0 Å². The first-order valence-electron chi connectivity index (χ1n) is 10.5. The van der Waals surface area contributed by atoms with Crippen molar-refractivity contribution in [3.05, 3.63) is 29.8 Å². The normalized spacial score (nSPS) is 31.0. The van der Waals surface area contributed by atoms with E-state index >= 15 is 0 Å². The summed E-state index contributed by atoms with van der Waals surface area (Å²) in [6, 6.07) is 6.71. The quantitative estimate of drug-likeness (QED) is 0.733. The molecule has 1 aliphatic carbocycles. The molecule has 4 rings (SSSR count). The molecule has 3 atom stereocenters. The van der Waals surface area contributed by atoms with Crippen molar-refractivity contribution in [3.8, 4) is 0 Å². The predicted molar refractivity (Wildman–Crippen MR) is 111 cm³/mol. The maximum atomic E-state index is 13.1. The summed E-state index contributed by atoms with van der Waals surface area (Å²) in [6.45, 7) is 11.0. The molecule has 3 fully saturated rings. The number of hydrogen-bond acceptors (Lipinski definition) is 3. The molecule has 1 saturated carbocycles. The lowest BCUT2D eigenvalue weighted by molar-refractivity contribution is -0.138. The largest absolute Gasteiger partial charge is 0.338 e. The van der Waals surface area contributed by atoms with Gasteiger partial charge in [-0.25, -0.2) is 4.79 Å². The number of carbonyl (C=O) groups excluding carboxylic acids is 3. The summed E-state index contributed by atoms with van der Waals surface area (Å²) in [6.07, 6.45) is 3.08. The van der Waals surface area contributed by atoms with Crippen molar-refractivity contribution in [1.82, 2.24) is 9.80 Å². The van der Waals surface area contributed by atoms with E-state index in [-0.39, 0.29) is 35.2 Å². The van der Waals surface area contributed by atoms with Crippen LogP contribution in [0.5, 0.6) is 0 Å². The van der Waals surface area contributed by atoms with E-state index in [1.807, 2.05) is 36.1 Å². The van der Waals surface area contributed by atoms with E-state index in [2.05, 4.69) is 20.8 Å². The van der Waals surface area contributed by atoms with Crippen molar-refractivity contribution < 1.29 is 14.4 Å². The van der Waals surface area contributed by atoms with Gasteiger partial charge in [-0.1, -0.05) is 38.5 Å². The smallest absolute Gasteiger partial charge is 0.332 e. The van der Waals surface area contributed by atoms with Crippen LogP contribution in [0.3, 0.4) is 0 Å². The number of nitrogens with zero attached hydrogens (tertiary/aromatic N) is 3. The average molecular weight is 398 g/mol. The number of likely N-dealkylation sites (tertiary alicyclic amines) is 1. The molecule has 3 aliphatic rings. The van der Waals surface area contributed by atoms with Crippen LogP contribution < -0.4 is 4.90 Å². The summed E-state index contributed by atoms with van der Waals surface area (Å²) in [5.41, 5.74) is 2.11. The van der Waals surface area contributed by atoms with Crippen LogP contribution in [-0.2, 0) is 9.59 Å². The summed E-state index contributed by atoms with van der Waals surface area (Å²) < 4.78 is 0. The van der Waals surface area contributed by atoms with Crippen molar-refractivity contribution in [3.63, 3.8) is 0 Å². The number of hydrogen-bond donors (Lipinski definition) is 0. The third kappa shape index (κ3) is 3.43. The summed E-state index contributed by atoms with van der Waals surface area (Å²) in [5, 5.41) is 0. The van der Waals surface area contributed by atoms with Gasteiger partial charge in [0.25, 0.3) is 5.91 Å². The SMILES string of the molecule is Cc1ccc(N2C(=O)N(CC(=O)N3C[C@@]4(C)C[C@@H]3CC(C)(C)C4)C(=O)[C@@H]2C)cc1. The molecule has 1 aromatic rings. The first-order valence-corrected chi connectivity index (χ1v) is 10.5. The summed E-state index contributed by atoms with van der Waals surface area (Å²) >= 11 is 0. The maximum Gasteiger partial charge on any atom is 0.332 e. The molecular weight excluding hydrogens is 366 g/mol. The molecule has 0 unspecified atom stereocenters. The predicted octanol–water partition coefficient (Wildman–Crippen LogP) is 3.58. The third-order valence-corrected chi connectivity index (χ3v) is 6.79. The molecule has 0 spiro atoms. The number of carbonyl (C=O) groups is 3. The summed E-state index contributed by atoms with van der Waals surface area (Å²) in [5.74, 6) is -0.422. The van der Waals surface area contributed by atoms with E-state index in [4.69, 9.17) is 0 Å². The number of urea groups is 1. The number of anilines is 1. The molecule has 2 heterocycles. The lowest BCUT2D eigenvalue weighted by Gasteiger charge is -2.39. The van der Waals surface area contributed by atoms with Gasteiger partial charge in [-0.05, 0) is 56.1 Å². The van der Waals surface area contributed by atoms with E-state index < -0.39 is 12.1 Å². The Morgan fingerprint density at radius 3 is 2.41 bits per heavy atom. The topological polar surface area (TPSA) is 60.9 Å². The number of amides is 4. The minimum absolute atomic E-state index is 0.115. The highest BCUT2D eigenvalue weighted by molar-refractivity contribution is 6.15. The van der Waals surface area contributed by atoms with Crippen LogP contribution in [0.2, 0.25) is 0 Å². The van der Waals surface area contributed by atoms with Crippen LogP contribution in [0.25, 0.3) is 0 Å². The highest BCUT2D eigenvalue weighted by Gasteiger charge is 2.52. The zero-order valence-electron chi connectivity index (χ0n) is 18.1. The molecule has 6 heteroatoms. The van der Waals surface area contributed by atoms with Crippen LogP contribution in [0, 0.1) is 17.8 Å². The molecule has 6 nitrogen and oxygen atoms in total. The number of benzene rings is 1. The molecule has 2 aliphatic heterocycles. The molecule has 2 bridgehead atoms. The van der Waals surface area contributed by atoms with Crippen LogP contribution in [-0.4, -0.2) is 52.8 Å². The monoisotopic (exact) mass is 397 g/mol. The van der Waals surface area contributed by atoms with Gasteiger partial charge in [0.2, 0.25) is 5.91 Å². The zero-order chi connectivity index (χ0) is 21.1. The van der Waals surface area contributed by atoms with Gasteiger partial charge in [0.05, 0.1) is 0 Å². The van der Waals surface area contributed by atoms with E-state index in [0.717, 1.165) is 29.7 Å². The van der Waals surface area contributed by atoms with E-state index in [1.165, 1.54) is 4.90 Å². The Morgan fingerprint density at radius 2 is 1.76 bits per heavy atom. The Bertz CT molecular complexity index is 863. The van der Waals surface area contributed by atoms with Gasteiger partial charge < -0.3 is 4.90 Å². The molecule has 156 valence electrons. The van der Waals surface area contributed by atoms with Crippen molar-refractivity contribution >= 4 is 23.5 Å². The van der Waals surface area contributed by atoms with Crippen molar-refractivity contribution in [2.75, 3.05) is 18.0 Å². The number of aryl methyl sites for hydroxylation is 1. The second-order valence-corrected chi connectivity index (χ2v) is 10.3. The Hall–Kier alpha value is -2.37. The average Bonchev–Trinajstić information content (AvgIpc) is 2.99. The Morgan fingerprint density at radius 1 is 1.10 bits per heavy atom. The van der Waals surface area contributed by atoms with Crippen molar-refractivity contribution in [2.45, 2.75) is 66.0 Å². The van der Waals surface area contributed by atoms with Crippen LogP contribution in [0.4, 0.5) is 10.5 Å². The fraction of sp³-hybridized carbons (Fsp3) is 0.609. The molecule has 0 N–H and O–H groups in total. The third-order valence-electron chi connectivity index (χ3n) is 6.79. The Labute approximate surface area is 172 Å². The van der Waals surface area contributed by atoms with Gasteiger partial charge in [-0.2, -0.15) is 0 Å². The summed E-state index contributed by atoms with van der Waals surface area (Å²) in [7, 11) is 0. The standard InChI is InChI=1S/C23H31N3O3/c1-15-6-8-17(9-7-15)26-16(2)20(28)24(21(26)29)12-19(27)25-14-23(5)11-18(25)10-22(3,4)13-23/h6-9,16,18H,10-14H2,1-5H3/t16-,18-,23-/m0/s1. The molecule has 2 saturated heterocycles. The van der Waals surface area contributed by atoms with Crippen molar-refractivity contribution in [2.24, 2.45) is 10.8 Å². The number of rotatable bonds is 3. The minimum atomic E-state index is -0.604. The molecule has 1 aromatic carbocycles. The van der Waals surface area contributed by atoms with E-state index in [9.17, 15) is 14.4 Å². The molecular formula is C23H31N3O3. The first-order chi connectivity index (χ1) is 13.5. The van der Waals surface area contributed by atoms with E-state index in [0.29, 0.717) is 12.2 Å². The highest BCUT2D eigenvalue weighted by atomic mass is 16.2. The lowest BCUT2D eigenvalue weighted by atomic mass is 9.65. The molecule has 0 radical (unpaired) electrons. The fourth-order valence-corrected chi connectivity index (χ4v) is 5.89.